The number of nitrogens with two attached hydrogens (primary N) is 1. The van der Waals surface area contributed by atoms with Crippen molar-refractivity contribution in [2.75, 3.05) is 91.5 Å². The zero-order valence-electron chi connectivity index (χ0n) is 81.5. The highest BCUT2D eigenvalue weighted by atomic mass is 35.5. The molecule has 0 fully saturated rings. The van der Waals surface area contributed by atoms with Crippen LogP contribution in [0.15, 0.2) is 122 Å². The number of nitrogens with one attached hydrogen (secondary N) is 4. The van der Waals surface area contributed by atoms with E-state index in [-0.39, 0.29) is 72.0 Å². The number of rotatable bonds is 32. The van der Waals surface area contributed by atoms with Gasteiger partial charge in [-0.1, -0.05) is 82.3 Å². The number of hydrogen-bond donors (Lipinski definition) is 6. The minimum Gasteiger partial charge on any atom is -0.504 e. The van der Waals surface area contributed by atoms with E-state index in [0.29, 0.717) is 153 Å². The smallest absolute Gasteiger partial charge is 0.407 e. The number of phenolic OH excluding ortho intramolecular Hbond substituents is 1. The van der Waals surface area contributed by atoms with Crippen molar-refractivity contribution < 1.29 is 76.6 Å². The number of nitrogen functional groups attached to an aromatic ring is 1. The van der Waals surface area contributed by atoms with Crippen molar-refractivity contribution in [3.8, 4) is 46.0 Å². The molecule has 0 aliphatic carbocycles. The highest BCUT2D eigenvalue weighted by Crippen LogP contribution is 2.42. The first kappa shape index (κ1) is 110. The molecule has 12 rings (SSSR count). The van der Waals surface area contributed by atoms with Crippen LogP contribution in [0.4, 0.5) is 45.0 Å². The van der Waals surface area contributed by atoms with Gasteiger partial charge in [-0.15, -0.1) is 0 Å². The minimum absolute atomic E-state index is 0.0000262. The molecule has 0 radical (unpaired) electrons. The number of alkyl carbamates (subject to hydrolysis) is 1. The quantitative estimate of drug-likeness (QED) is 0.00749. The first-order valence-electron chi connectivity index (χ1n) is 43.2. The van der Waals surface area contributed by atoms with Crippen LogP contribution in [0, 0.1) is 27.7 Å². The number of benzene rings is 8. The number of ketones is 4. The number of esters is 2. The van der Waals surface area contributed by atoms with Gasteiger partial charge >= 0.3 is 18.0 Å². The number of amides is 1. The number of carbonyl (C=O) groups is 7. The summed E-state index contributed by atoms with van der Waals surface area (Å²) in [4.78, 5) is 123. The maximum atomic E-state index is 11.9. The van der Waals surface area contributed by atoms with Gasteiger partial charge < -0.3 is 70.0 Å². The Hall–Kier alpha value is -12.7. The number of Topliss-reactive ketones (excluding diaryl/α,β-unsaturated/α-hetero) is 4. The number of halogens is 5. The number of nitrogens with zero attached hydrogens (tertiary/aromatic N) is 12. The third-order valence-corrected chi connectivity index (χ3v) is 24.1. The van der Waals surface area contributed by atoms with Gasteiger partial charge in [0, 0.05) is 129 Å². The molecule has 137 heavy (non-hydrogen) atoms. The molecule has 7 N–H and O–H groups in total. The summed E-state index contributed by atoms with van der Waals surface area (Å²) < 4.78 is 42.7. The summed E-state index contributed by atoms with van der Waals surface area (Å²) in [6.07, 6.45) is 5.19. The van der Waals surface area contributed by atoms with E-state index in [2.05, 4.69) is 61.1 Å². The summed E-state index contributed by atoms with van der Waals surface area (Å²) in [6.45, 7) is 32.3. The second kappa shape index (κ2) is 49.9. The van der Waals surface area contributed by atoms with Crippen LogP contribution in [0.2, 0.25) is 25.2 Å². The van der Waals surface area contributed by atoms with Gasteiger partial charge in [0.15, 0.2) is 46.0 Å². The Morgan fingerprint density at radius 3 is 1.04 bits per heavy atom. The van der Waals surface area contributed by atoms with E-state index in [1.165, 1.54) is 60.5 Å². The molecule has 38 heteroatoms. The van der Waals surface area contributed by atoms with Gasteiger partial charge in [0.25, 0.3) is 0 Å². The molecular weight excluding hydrogens is 1860 g/mol. The molecule has 0 saturated carbocycles. The van der Waals surface area contributed by atoms with Crippen LogP contribution in [0.3, 0.4) is 0 Å². The SMILES string of the molecule is CC(=O)C(C)N(C)Cc1cc(C)c(Cl)cc1N.COc1cc2ncnc(Cl)c2cc1OC(C)=O.COc1cc2ncnc(Nc3cc(Cl)c(C)cc3CN(C)C(C)C(C)=O)c2cc1O.COc1cc2ncnc(Nc3cc(Cl)c(C)cc3CN(C)C(C)C(C)=O)c2cc1OC(C)=O.COc1cc2ncnc(Nc3cc(Cl)c(C)cc3CN(C)C(C)C(C)=O)c2cc1OCCNC(=O)OC(C)(C)C. The van der Waals surface area contributed by atoms with Crippen molar-refractivity contribution in [1.82, 2.24) is 64.8 Å². The fourth-order valence-corrected chi connectivity index (χ4v) is 14.3. The molecule has 1 amide bonds. The van der Waals surface area contributed by atoms with Crippen LogP contribution in [-0.2, 0) is 59.7 Å². The van der Waals surface area contributed by atoms with E-state index in [4.69, 9.17) is 102 Å². The van der Waals surface area contributed by atoms with E-state index >= 15 is 0 Å². The van der Waals surface area contributed by atoms with Gasteiger partial charge in [0.2, 0.25) is 0 Å². The maximum Gasteiger partial charge on any atom is 0.407 e. The Bertz CT molecular complexity index is 6410. The molecule has 33 nitrogen and oxygen atoms in total. The average molecular weight is 1980 g/mol. The largest absolute Gasteiger partial charge is 0.504 e. The van der Waals surface area contributed by atoms with E-state index in [1.54, 1.807) is 110 Å². The van der Waals surface area contributed by atoms with E-state index in [0.717, 1.165) is 61.6 Å². The summed E-state index contributed by atoms with van der Waals surface area (Å²) in [6, 6.07) is 27.8. The standard InChI is InChI=1S/C29H38ClN5O5.C24H27ClN4O4.C22H25ClN4O3.C13H19ClN2O.C11H9ClN2O3/c1-17-11-20(15-35(7)18(2)19(3)36)23(13-22(17)30)34-27-21-12-26(25(38-8)14-24(21)32-16-33-27)39-10-9-31-28(37)40-29(4,5)6;1-13-7-17(11-29(5)14(2)15(3)30)20(9-19(13)25)28-24-18-8-23(33-16(4)31)22(32-6)10-21(18)26-12-27-24;1-12-6-15(10-27(4)13(2)14(3)28)18(8-17(12)23)26-22-16-7-20(29)21(30-5)9-19(16)24-11-25-22;1-8-5-11(13(15)6-12(8)14)7-16(4)9(2)10(3)17;1-6(15)17-10-3-7-8(4-9(10)16-2)13-5-14-11(7)12/h11-14,16,18H,9-10,15H2,1-8H3,(H,31,37)(H,32,33,34);7-10,12,14H,11H2,1-6H3,(H,26,27,28);6-9,11,13,29H,10H2,1-5H3,(H,24,25,26);5-6,9H,7,15H2,1-4H3;3-5H,1-2H3. The van der Waals surface area contributed by atoms with Gasteiger partial charge in [-0.2, -0.15) is 0 Å². The van der Waals surface area contributed by atoms with E-state index in [1.807, 2.05) is 146 Å². The van der Waals surface area contributed by atoms with Crippen LogP contribution < -0.4 is 60.2 Å². The van der Waals surface area contributed by atoms with Crippen molar-refractivity contribution in [1.29, 1.82) is 0 Å². The molecule has 0 aliphatic rings. The van der Waals surface area contributed by atoms with E-state index < -0.39 is 23.6 Å². The summed E-state index contributed by atoms with van der Waals surface area (Å²) in [5, 5.41) is 28.3. The lowest BCUT2D eigenvalue weighted by Crippen LogP contribution is -2.34. The number of fused-ring (bicyclic) bond motifs is 4. The second-order valence-electron chi connectivity index (χ2n) is 33.7. The predicted molar refractivity (Wildman–Crippen MR) is 539 cm³/mol. The van der Waals surface area contributed by atoms with Gasteiger partial charge in [-0.05, 0) is 225 Å². The van der Waals surface area contributed by atoms with Crippen molar-refractivity contribution in [3.63, 3.8) is 0 Å². The first-order valence-corrected chi connectivity index (χ1v) is 45.1. The number of hydrogen-bond acceptors (Lipinski definition) is 32. The summed E-state index contributed by atoms with van der Waals surface area (Å²) in [5.74, 6) is 3.80. The molecule has 0 aliphatic heterocycles. The van der Waals surface area contributed by atoms with Crippen LogP contribution >= 0.6 is 58.0 Å². The third-order valence-electron chi connectivity index (χ3n) is 22.2. The lowest BCUT2D eigenvalue weighted by molar-refractivity contribution is -0.132. The molecule has 4 heterocycles. The first-order chi connectivity index (χ1) is 64.5. The number of aryl methyl sites for hydroxylation is 4. The lowest BCUT2D eigenvalue weighted by atomic mass is 10.1. The average Bonchev–Trinajstić information content (AvgIpc) is 0.785. The second-order valence-corrected chi connectivity index (χ2v) is 35.6. The van der Waals surface area contributed by atoms with Gasteiger partial charge in [-0.3, -0.25) is 48.4 Å². The van der Waals surface area contributed by atoms with Crippen LogP contribution in [0.25, 0.3) is 43.6 Å². The molecule has 4 atom stereocenters. The Balaban J connectivity index is 0.000000218. The number of aromatic nitrogens is 8. The molecule has 8 aromatic carbocycles. The molecular formula is C99H118Cl5N17O16. The number of anilines is 7. The van der Waals surface area contributed by atoms with Crippen LogP contribution in [0.1, 0.15) is 135 Å². The predicted octanol–water partition coefficient (Wildman–Crippen LogP) is 19.7. The summed E-state index contributed by atoms with van der Waals surface area (Å²) >= 11 is 31.2. The number of ether oxygens (including phenoxy) is 8. The van der Waals surface area contributed by atoms with Crippen molar-refractivity contribution in [2.24, 2.45) is 0 Å². The number of likely N-dealkylation sites (N-methyl/N-ethyl adjacent to an activating group) is 4. The van der Waals surface area contributed by atoms with Gasteiger partial charge in [0.05, 0.1) is 81.2 Å². The monoisotopic (exact) mass is 1980 g/mol. The van der Waals surface area contributed by atoms with Crippen LogP contribution in [-0.4, -0.2) is 205 Å². The minimum atomic E-state index is -0.585. The van der Waals surface area contributed by atoms with Crippen LogP contribution in [0.5, 0.6) is 46.0 Å². The van der Waals surface area contributed by atoms with Crippen molar-refractivity contribution >= 4 is 183 Å². The molecule has 4 unspecified atom stereocenters. The molecule has 730 valence electrons. The Morgan fingerprint density at radius 1 is 0.394 bits per heavy atom. The van der Waals surface area contributed by atoms with Crippen molar-refractivity contribution in [3.05, 3.63) is 192 Å². The number of carbonyl (C=O) groups excluding carboxylic acids is 7. The highest BCUT2D eigenvalue weighted by molar-refractivity contribution is 6.34. The zero-order chi connectivity index (χ0) is 101. The van der Waals surface area contributed by atoms with E-state index in [9.17, 15) is 38.7 Å². The number of methoxy groups -OCH3 is 4. The topological polar surface area (TPSA) is 404 Å². The molecule has 12 aromatic rings. The highest BCUT2D eigenvalue weighted by Gasteiger charge is 2.26. The normalized spacial score (nSPS) is 12.0. The lowest BCUT2D eigenvalue weighted by Gasteiger charge is -2.24. The zero-order valence-corrected chi connectivity index (χ0v) is 85.3. The molecule has 0 spiro atoms. The third kappa shape index (κ3) is 30.6. The Labute approximate surface area is 822 Å². The van der Waals surface area contributed by atoms with Gasteiger partial charge in [-0.25, -0.2) is 44.7 Å². The molecule has 0 saturated heterocycles. The molecule has 4 aromatic heterocycles. The number of aromatic hydroxyl groups is 1. The van der Waals surface area contributed by atoms with Crippen molar-refractivity contribution in [2.45, 2.75) is 174 Å². The van der Waals surface area contributed by atoms with Gasteiger partial charge in [0.1, 0.15) is 83.3 Å². The Morgan fingerprint density at radius 2 is 0.693 bits per heavy atom. The summed E-state index contributed by atoms with van der Waals surface area (Å²) in [5.41, 5.74) is 18.5. The molecule has 0 bridgehead atoms. The summed E-state index contributed by atoms with van der Waals surface area (Å²) in [7, 11) is 13.6. The fourth-order valence-electron chi connectivity index (χ4n) is 13.5. The fraction of sp³-hybridized carbons (Fsp3) is 0.364. The maximum absolute atomic E-state index is 11.9. The Kier molecular flexibility index (Phi) is 39.9. The number of phenols is 1.